The SMILES string of the molecule is C=C(C)C(=O)NC(C)Cc1ccccc1. The fraction of sp³-hybridized carbons (Fsp3) is 0.308. The lowest BCUT2D eigenvalue weighted by Crippen LogP contribution is -2.34. The molecule has 1 aromatic carbocycles. The number of hydrogen-bond acceptors (Lipinski definition) is 1. The van der Waals surface area contributed by atoms with Crippen LogP contribution in [0, 0.1) is 0 Å². The molecule has 0 radical (unpaired) electrons. The molecule has 1 N–H and O–H groups in total. The molecule has 0 aliphatic carbocycles. The van der Waals surface area contributed by atoms with Crippen molar-refractivity contribution in [1.82, 2.24) is 5.32 Å². The second-order valence-electron chi connectivity index (χ2n) is 3.84. The minimum atomic E-state index is -0.0709. The molecule has 2 heteroatoms. The molecule has 2 nitrogen and oxygen atoms in total. The van der Waals surface area contributed by atoms with Crippen LogP contribution in [0.2, 0.25) is 0 Å². The predicted octanol–water partition coefficient (Wildman–Crippen LogP) is 2.31. The first-order valence-electron chi connectivity index (χ1n) is 5.10. The van der Waals surface area contributed by atoms with E-state index in [0.717, 1.165) is 6.42 Å². The summed E-state index contributed by atoms with van der Waals surface area (Å²) in [6.07, 6.45) is 0.847. The van der Waals surface area contributed by atoms with Gasteiger partial charge in [-0.25, -0.2) is 0 Å². The number of amides is 1. The summed E-state index contributed by atoms with van der Waals surface area (Å²) in [6, 6.07) is 10.2. The summed E-state index contributed by atoms with van der Waals surface area (Å²) in [6.45, 7) is 7.31. The van der Waals surface area contributed by atoms with Crippen molar-refractivity contribution in [1.29, 1.82) is 0 Å². The van der Waals surface area contributed by atoms with E-state index in [1.807, 2.05) is 25.1 Å². The van der Waals surface area contributed by atoms with Crippen molar-refractivity contribution in [3.8, 4) is 0 Å². The minimum absolute atomic E-state index is 0.0709. The number of carbonyl (C=O) groups excluding carboxylic acids is 1. The van der Waals surface area contributed by atoms with E-state index in [-0.39, 0.29) is 11.9 Å². The Morgan fingerprint density at radius 2 is 2.00 bits per heavy atom. The maximum atomic E-state index is 11.3. The smallest absolute Gasteiger partial charge is 0.246 e. The van der Waals surface area contributed by atoms with E-state index in [9.17, 15) is 4.79 Å². The highest BCUT2D eigenvalue weighted by Gasteiger charge is 2.07. The van der Waals surface area contributed by atoms with Gasteiger partial charge in [0, 0.05) is 11.6 Å². The van der Waals surface area contributed by atoms with Crippen molar-refractivity contribution >= 4 is 5.91 Å². The van der Waals surface area contributed by atoms with Crippen LogP contribution in [0.1, 0.15) is 19.4 Å². The van der Waals surface area contributed by atoms with Crippen molar-refractivity contribution in [2.75, 3.05) is 0 Å². The molecule has 80 valence electrons. The van der Waals surface area contributed by atoms with E-state index in [0.29, 0.717) is 5.57 Å². The number of rotatable bonds is 4. The van der Waals surface area contributed by atoms with Gasteiger partial charge in [-0.15, -0.1) is 0 Å². The first-order valence-corrected chi connectivity index (χ1v) is 5.10. The van der Waals surface area contributed by atoms with Crippen LogP contribution in [-0.2, 0) is 11.2 Å². The third-order valence-electron chi connectivity index (χ3n) is 2.15. The summed E-state index contributed by atoms with van der Waals surface area (Å²) < 4.78 is 0. The topological polar surface area (TPSA) is 29.1 Å². The van der Waals surface area contributed by atoms with Gasteiger partial charge in [-0.05, 0) is 25.8 Å². The van der Waals surface area contributed by atoms with E-state index in [1.54, 1.807) is 6.92 Å². The van der Waals surface area contributed by atoms with E-state index < -0.39 is 0 Å². The van der Waals surface area contributed by atoms with Gasteiger partial charge in [-0.3, -0.25) is 4.79 Å². The first-order chi connectivity index (χ1) is 7.09. The second-order valence-corrected chi connectivity index (χ2v) is 3.84. The zero-order valence-electron chi connectivity index (χ0n) is 9.29. The van der Waals surface area contributed by atoms with Gasteiger partial charge in [0.05, 0.1) is 0 Å². The normalized spacial score (nSPS) is 11.9. The van der Waals surface area contributed by atoms with Crippen LogP contribution in [0.25, 0.3) is 0 Å². The molecule has 1 aromatic rings. The van der Waals surface area contributed by atoms with Crippen LogP contribution in [0.3, 0.4) is 0 Å². The zero-order chi connectivity index (χ0) is 11.3. The second kappa shape index (κ2) is 5.35. The minimum Gasteiger partial charge on any atom is -0.350 e. The highest BCUT2D eigenvalue weighted by Crippen LogP contribution is 2.03. The molecule has 1 atom stereocenters. The fourth-order valence-electron chi connectivity index (χ4n) is 1.37. The lowest BCUT2D eigenvalue weighted by Gasteiger charge is -2.13. The average molecular weight is 203 g/mol. The van der Waals surface area contributed by atoms with E-state index in [2.05, 4.69) is 24.0 Å². The third-order valence-corrected chi connectivity index (χ3v) is 2.15. The molecule has 0 aromatic heterocycles. The molecule has 1 unspecified atom stereocenters. The monoisotopic (exact) mass is 203 g/mol. The molecule has 0 spiro atoms. The molecule has 0 saturated carbocycles. The molecule has 0 aliphatic heterocycles. The summed E-state index contributed by atoms with van der Waals surface area (Å²) in [5.41, 5.74) is 1.78. The molecular weight excluding hydrogens is 186 g/mol. The Bertz CT molecular complexity index is 343. The molecule has 0 saturated heterocycles. The van der Waals surface area contributed by atoms with Crippen molar-refractivity contribution in [2.45, 2.75) is 26.3 Å². The third kappa shape index (κ3) is 3.98. The van der Waals surface area contributed by atoms with Crippen molar-refractivity contribution in [2.24, 2.45) is 0 Å². The summed E-state index contributed by atoms with van der Waals surface area (Å²) in [4.78, 5) is 11.3. The molecule has 1 rings (SSSR count). The van der Waals surface area contributed by atoms with Gasteiger partial charge >= 0.3 is 0 Å². The van der Waals surface area contributed by atoms with Crippen LogP contribution in [-0.4, -0.2) is 11.9 Å². The van der Waals surface area contributed by atoms with Gasteiger partial charge in [0.25, 0.3) is 0 Å². The van der Waals surface area contributed by atoms with Gasteiger partial charge in [0.1, 0.15) is 0 Å². The van der Waals surface area contributed by atoms with E-state index in [1.165, 1.54) is 5.56 Å². The number of carbonyl (C=O) groups is 1. The van der Waals surface area contributed by atoms with Crippen molar-refractivity contribution < 1.29 is 4.79 Å². The molecule has 0 bridgehead atoms. The Hall–Kier alpha value is -1.57. The van der Waals surface area contributed by atoms with E-state index >= 15 is 0 Å². The Morgan fingerprint density at radius 1 is 1.40 bits per heavy atom. The Labute approximate surface area is 91.0 Å². The Morgan fingerprint density at radius 3 is 2.53 bits per heavy atom. The summed E-state index contributed by atoms with van der Waals surface area (Å²) >= 11 is 0. The Balaban J connectivity index is 2.46. The highest BCUT2D eigenvalue weighted by molar-refractivity contribution is 5.92. The maximum absolute atomic E-state index is 11.3. The van der Waals surface area contributed by atoms with Crippen molar-refractivity contribution in [3.63, 3.8) is 0 Å². The van der Waals surface area contributed by atoms with Crippen LogP contribution in [0.5, 0.6) is 0 Å². The highest BCUT2D eigenvalue weighted by atomic mass is 16.1. The molecule has 0 heterocycles. The number of hydrogen-bond donors (Lipinski definition) is 1. The molecule has 0 fully saturated rings. The molecular formula is C13H17NO. The Kier molecular flexibility index (Phi) is 4.10. The van der Waals surface area contributed by atoms with Gasteiger partial charge in [-0.2, -0.15) is 0 Å². The lowest BCUT2D eigenvalue weighted by atomic mass is 10.1. The first kappa shape index (κ1) is 11.5. The standard InChI is InChI=1S/C13H17NO/c1-10(2)13(15)14-11(3)9-12-7-5-4-6-8-12/h4-8,11H,1,9H2,2-3H3,(H,14,15). The summed E-state index contributed by atoms with van der Waals surface area (Å²) in [7, 11) is 0. The molecule has 15 heavy (non-hydrogen) atoms. The van der Waals surface area contributed by atoms with Crippen LogP contribution in [0.4, 0.5) is 0 Å². The van der Waals surface area contributed by atoms with E-state index in [4.69, 9.17) is 0 Å². The largest absolute Gasteiger partial charge is 0.350 e. The van der Waals surface area contributed by atoms with Gasteiger partial charge < -0.3 is 5.32 Å². The van der Waals surface area contributed by atoms with Crippen LogP contribution < -0.4 is 5.32 Å². The van der Waals surface area contributed by atoms with Crippen LogP contribution in [0.15, 0.2) is 42.5 Å². The quantitative estimate of drug-likeness (QED) is 0.747. The zero-order valence-corrected chi connectivity index (χ0v) is 9.29. The van der Waals surface area contributed by atoms with Gasteiger partial charge in [-0.1, -0.05) is 36.9 Å². The van der Waals surface area contributed by atoms with Gasteiger partial charge in [0.15, 0.2) is 0 Å². The number of benzene rings is 1. The summed E-state index contributed by atoms with van der Waals surface area (Å²) in [5, 5.41) is 2.89. The lowest BCUT2D eigenvalue weighted by molar-refractivity contribution is -0.118. The predicted molar refractivity (Wildman–Crippen MR) is 62.6 cm³/mol. The van der Waals surface area contributed by atoms with Crippen molar-refractivity contribution in [3.05, 3.63) is 48.0 Å². The van der Waals surface area contributed by atoms with Gasteiger partial charge in [0.2, 0.25) is 5.91 Å². The fourth-order valence-corrected chi connectivity index (χ4v) is 1.37. The average Bonchev–Trinajstić information content (AvgIpc) is 2.18. The number of nitrogens with one attached hydrogen (secondary N) is 1. The maximum Gasteiger partial charge on any atom is 0.246 e. The molecule has 0 aliphatic rings. The summed E-state index contributed by atoms with van der Waals surface area (Å²) in [5.74, 6) is -0.0709. The van der Waals surface area contributed by atoms with Crippen LogP contribution >= 0.6 is 0 Å². The molecule has 1 amide bonds.